The molecule has 1 fully saturated rings. The fraction of sp³-hybridized carbons (Fsp3) is 0.293. The van der Waals surface area contributed by atoms with Gasteiger partial charge in [-0.2, -0.15) is 0 Å². The Morgan fingerprint density at radius 2 is 1.63 bits per heavy atom. The lowest BCUT2D eigenvalue weighted by Gasteiger charge is -2.32. The number of thiophene rings is 1. The van der Waals surface area contributed by atoms with E-state index in [4.69, 9.17) is 42.1 Å². The Balaban J connectivity index is 1.13. The summed E-state index contributed by atoms with van der Waals surface area (Å²) in [7, 11) is 3.06. The van der Waals surface area contributed by atoms with Crippen LogP contribution in [0, 0.1) is 5.82 Å². The smallest absolute Gasteiger partial charge is 0.348 e. The van der Waals surface area contributed by atoms with E-state index in [0.29, 0.717) is 50.4 Å². The number of methoxy groups -OCH3 is 2. The molecule has 2 N–H and O–H groups in total. The van der Waals surface area contributed by atoms with Crippen molar-refractivity contribution in [3.05, 3.63) is 145 Å². The number of aromatic nitrogens is 1. The van der Waals surface area contributed by atoms with Gasteiger partial charge in [-0.25, -0.2) is 19.0 Å². The molecule has 1 aliphatic rings. The molecular weight excluding hydrogens is 752 g/mol. The van der Waals surface area contributed by atoms with E-state index >= 15 is 4.39 Å². The van der Waals surface area contributed by atoms with Gasteiger partial charge >= 0.3 is 11.9 Å². The minimum absolute atomic E-state index is 0.173. The Bertz CT molecular complexity index is 2020. The third-order valence-electron chi connectivity index (χ3n) is 9.28. The van der Waals surface area contributed by atoms with Crippen molar-refractivity contribution in [3.8, 4) is 11.5 Å². The number of carbonyl (C=O) groups excluding carboxylic acids is 2. The number of H-pyrrole nitrogens is 1. The highest BCUT2D eigenvalue weighted by atomic mass is 35.5. The zero-order chi connectivity index (χ0) is 38.0. The lowest BCUT2D eigenvalue weighted by molar-refractivity contribution is -0.377. The van der Waals surface area contributed by atoms with Crippen LogP contribution in [0.5, 0.6) is 11.5 Å². The van der Waals surface area contributed by atoms with E-state index in [1.165, 1.54) is 37.2 Å². The van der Waals surface area contributed by atoms with Crippen molar-refractivity contribution in [1.29, 1.82) is 0 Å². The number of hydrogen-bond acceptors (Lipinski definition) is 9. The normalized spacial score (nSPS) is 14.6. The molecule has 13 heteroatoms. The zero-order valence-corrected chi connectivity index (χ0v) is 32.2. The van der Waals surface area contributed by atoms with Crippen LogP contribution in [0.4, 0.5) is 4.39 Å². The molecule has 0 radical (unpaired) electrons. The Morgan fingerprint density at radius 3 is 2.33 bits per heavy atom. The molecule has 1 saturated heterocycles. The predicted octanol–water partition coefficient (Wildman–Crippen LogP) is 8.20. The van der Waals surface area contributed by atoms with Crippen LogP contribution in [-0.4, -0.2) is 50.3 Å². The molecule has 0 spiro atoms. The van der Waals surface area contributed by atoms with Crippen molar-refractivity contribution < 1.29 is 37.9 Å². The number of nitrogens with one attached hydrogen (secondary N) is 2. The summed E-state index contributed by atoms with van der Waals surface area (Å²) in [5.74, 6) is -0.641. The van der Waals surface area contributed by atoms with E-state index in [1.54, 1.807) is 60.9 Å². The summed E-state index contributed by atoms with van der Waals surface area (Å²) in [6.07, 6.45) is 3.70. The molecular formula is C41H41Cl2FN3O6S+. The van der Waals surface area contributed by atoms with E-state index in [0.717, 1.165) is 24.5 Å². The third-order valence-corrected chi connectivity index (χ3v) is 11.0. The molecule has 9 nitrogen and oxygen atoms in total. The van der Waals surface area contributed by atoms with Crippen LogP contribution in [-0.2, 0) is 33.8 Å². The number of piperidine rings is 1. The Kier molecular flexibility index (Phi) is 13.6. The number of hydrogen-bond donors (Lipinski definition) is 1. The Labute approximate surface area is 327 Å². The highest BCUT2D eigenvalue weighted by molar-refractivity contribution is 7.13. The number of aromatic amines is 1. The van der Waals surface area contributed by atoms with Crippen molar-refractivity contribution >= 4 is 46.5 Å². The van der Waals surface area contributed by atoms with Gasteiger partial charge in [0.15, 0.2) is 23.9 Å². The number of halogens is 3. The summed E-state index contributed by atoms with van der Waals surface area (Å²) in [5, 5.41) is 3.97. The maximum Gasteiger partial charge on any atom is 0.348 e. The molecule has 54 heavy (non-hydrogen) atoms. The summed E-state index contributed by atoms with van der Waals surface area (Å²) in [5.41, 5.74) is 2.67. The molecule has 0 saturated carbocycles. The van der Waals surface area contributed by atoms with E-state index in [9.17, 15) is 9.59 Å². The molecule has 2 aromatic heterocycles. The molecule has 3 aromatic carbocycles. The van der Waals surface area contributed by atoms with Crippen LogP contribution in [0.15, 0.2) is 97.3 Å². The lowest BCUT2D eigenvalue weighted by Crippen LogP contribution is -2.39. The summed E-state index contributed by atoms with van der Waals surface area (Å²) >= 11 is 14.2. The maximum absolute atomic E-state index is 15.1. The first-order valence-corrected chi connectivity index (χ1v) is 19.1. The molecule has 0 bridgehead atoms. The van der Waals surface area contributed by atoms with E-state index in [1.807, 2.05) is 18.2 Å². The molecule has 282 valence electrons. The van der Waals surface area contributed by atoms with Crippen LogP contribution in [0.25, 0.3) is 0 Å². The molecule has 1 aliphatic heterocycles. The molecule has 6 rings (SSSR count). The van der Waals surface area contributed by atoms with Gasteiger partial charge in [-0.15, -0.1) is 11.3 Å². The number of ether oxygens (including phenoxy) is 4. The number of carbonyl (C=O) groups is 2. The van der Waals surface area contributed by atoms with E-state index in [-0.39, 0.29) is 24.6 Å². The summed E-state index contributed by atoms with van der Waals surface area (Å²) in [6.45, 7) is 2.58. The van der Waals surface area contributed by atoms with Crippen molar-refractivity contribution in [1.82, 2.24) is 10.2 Å². The average Bonchev–Trinajstić information content (AvgIpc) is 3.67. The predicted molar refractivity (Wildman–Crippen MR) is 206 cm³/mol. The van der Waals surface area contributed by atoms with Crippen molar-refractivity contribution in [2.24, 2.45) is 0 Å². The SMILES string of the molecule is COc1ccc([C@H](Cc2c(Cl)c[nH+]cc2Cl)OC(=O)c2ccc(CNC(C(=O)OC3CCN(Cc4ccccc4)CC3)c3ccccc3F)s2)cc1OC. The van der Waals surface area contributed by atoms with Gasteiger partial charge in [0.2, 0.25) is 0 Å². The minimum Gasteiger partial charge on any atom is -0.493 e. The molecule has 1 unspecified atom stereocenters. The molecule has 2 atom stereocenters. The van der Waals surface area contributed by atoms with Gasteiger partial charge in [-0.05, 0) is 54.3 Å². The second kappa shape index (κ2) is 18.7. The highest BCUT2D eigenvalue weighted by Crippen LogP contribution is 2.36. The average molecular weight is 794 g/mol. The van der Waals surface area contributed by atoms with Crippen molar-refractivity contribution in [2.45, 2.75) is 50.6 Å². The summed E-state index contributed by atoms with van der Waals surface area (Å²) < 4.78 is 38.0. The number of likely N-dealkylation sites (tertiary alicyclic amines) is 1. The van der Waals surface area contributed by atoms with Crippen LogP contribution in [0.2, 0.25) is 10.0 Å². The van der Waals surface area contributed by atoms with Crippen LogP contribution < -0.4 is 19.8 Å². The number of nitrogens with zero attached hydrogens (tertiary/aromatic N) is 1. The van der Waals surface area contributed by atoms with Gasteiger partial charge in [0.25, 0.3) is 0 Å². The number of benzene rings is 3. The van der Waals surface area contributed by atoms with Gasteiger partial charge in [0, 0.05) is 48.6 Å². The topological polar surface area (TPSA) is 100 Å². The molecule has 5 aromatic rings. The monoisotopic (exact) mass is 792 g/mol. The fourth-order valence-electron chi connectivity index (χ4n) is 6.40. The van der Waals surface area contributed by atoms with Crippen LogP contribution in [0.3, 0.4) is 0 Å². The fourth-order valence-corrected chi connectivity index (χ4v) is 7.77. The lowest BCUT2D eigenvalue weighted by atomic mass is 10.0. The largest absolute Gasteiger partial charge is 0.493 e. The molecule has 0 amide bonds. The highest BCUT2D eigenvalue weighted by Gasteiger charge is 2.30. The first kappa shape index (κ1) is 39.2. The maximum atomic E-state index is 15.1. The third kappa shape index (κ3) is 9.96. The first-order valence-electron chi connectivity index (χ1n) is 17.5. The standard InChI is InChI=1S/C41H40Cl2FN3O6S/c1-50-35-14-12-27(20-37(35)51-2)36(21-31-32(42)23-45-24-33(31)43)53-40(48)38-15-13-29(54-38)22-46-39(30-10-6-7-11-34(30)44)41(49)52-28-16-18-47(19-17-28)25-26-8-4-3-5-9-26/h3-15,20,23-24,28,36,39,46H,16-19,21-22,25H2,1-2H3/p+1/t36-,39?/m0/s1. The van der Waals surface area contributed by atoms with Gasteiger partial charge in [0.1, 0.15) is 39.0 Å². The zero-order valence-electron chi connectivity index (χ0n) is 29.9. The summed E-state index contributed by atoms with van der Waals surface area (Å²) in [6, 6.07) is 24.1. The minimum atomic E-state index is -1.06. The van der Waals surface area contributed by atoms with Crippen molar-refractivity contribution in [3.63, 3.8) is 0 Å². The first-order chi connectivity index (χ1) is 26.2. The number of esters is 2. The van der Waals surface area contributed by atoms with Gasteiger partial charge in [-0.1, -0.05) is 77.8 Å². The van der Waals surface area contributed by atoms with Crippen LogP contribution >= 0.6 is 34.5 Å². The molecule has 0 aliphatic carbocycles. The summed E-state index contributed by atoms with van der Waals surface area (Å²) in [4.78, 5) is 33.6. The van der Waals surface area contributed by atoms with E-state index in [2.05, 4.69) is 27.3 Å². The Morgan fingerprint density at radius 1 is 0.926 bits per heavy atom. The number of rotatable bonds is 15. The molecule has 3 heterocycles. The quantitative estimate of drug-likeness (QED) is 0.106. The van der Waals surface area contributed by atoms with Gasteiger partial charge in [-0.3, -0.25) is 10.2 Å². The van der Waals surface area contributed by atoms with E-state index < -0.39 is 29.9 Å². The Hall–Kier alpha value is -4.52. The van der Waals surface area contributed by atoms with Gasteiger partial charge < -0.3 is 18.9 Å². The van der Waals surface area contributed by atoms with Crippen LogP contribution in [0.1, 0.15) is 61.8 Å². The van der Waals surface area contributed by atoms with Gasteiger partial charge in [0.05, 0.1) is 14.2 Å². The number of pyridine rings is 1. The van der Waals surface area contributed by atoms with Crippen molar-refractivity contribution in [2.75, 3.05) is 27.3 Å². The second-order valence-electron chi connectivity index (χ2n) is 12.8. The second-order valence-corrected chi connectivity index (χ2v) is 14.8.